The van der Waals surface area contributed by atoms with E-state index in [0.717, 1.165) is 42.1 Å². The summed E-state index contributed by atoms with van der Waals surface area (Å²) in [5, 5.41) is 11.9. The van der Waals surface area contributed by atoms with Crippen molar-refractivity contribution < 1.29 is 9.84 Å². The first-order chi connectivity index (χ1) is 9.75. The number of para-hydroxylation sites is 1. The van der Waals surface area contributed by atoms with Crippen molar-refractivity contribution in [1.82, 2.24) is 4.98 Å². The van der Waals surface area contributed by atoms with Crippen LogP contribution in [-0.4, -0.2) is 22.3 Å². The molecule has 0 radical (unpaired) electrons. The Bertz CT molecular complexity index is 590. The summed E-state index contributed by atoms with van der Waals surface area (Å²) >= 11 is 0. The van der Waals surface area contributed by atoms with Gasteiger partial charge in [0.15, 0.2) is 0 Å². The van der Waals surface area contributed by atoms with E-state index < -0.39 is 11.7 Å². The number of aliphatic hydroxyl groups is 1. The van der Waals surface area contributed by atoms with Crippen LogP contribution in [0, 0.1) is 0 Å². The van der Waals surface area contributed by atoms with Crippen molar-refractivity contribution in [2.45, 2.75) is 44.3 Å². The monoisotopic (exact) mass is 271 g/mol. The van der Waals surface area contributed by atoms with Crippen molar-refractivity contribution in [3.05, 3.63) is 42.1 Å². The molecule has 0 amide bonds. The topological polar surface area (TPSA) is 42.4 Å². The van der Waals surface area contributed by atoms with E-state index in [1.54, 1.807) is 6.20 Å². The zero-order chi connectivity index (χ0) is 14.0. The SMILES string of the molecule is CCOC1(C(O)c2cnc3ccccc3c2)CCCC1. The van der Waals surface area contributed by atoms with Gasteiger partial charge in [0.25, 0.3) is 0 Å². The number of pyridine rings is 1. The average Bonchev–Trinajstić information content (AvgIpc) is 2.96. The Kier molecular flexibility index (Phi) is 3.72. The summed E-state index contributed by atoms with van der Waals surface area (Å²) in [6, 6.07) is 10.0. The molecule has 1 atom stereocenters. The lowest BCUT2D eigenvalue weighted by Gasteiger charge is -2.34. The highest BCUT2D eigenvalue weighted by Crippen LogP contribution is 2.43. The molecule has 1 aromatic heterocycles. The standard InChI is InChI=1S/C17H21NO2/c1-2-20-17(9-5-6-10-17)16(19)14-11-13-7-3-4-8-15(13)18-12-14/h3-4,7-8,11-12,16,19H,2,5-6,9-10H2,1H3. The van der Waals surface area contributed by atoms with Crippen LogP contribution in [0.25, 0.3) is 10.9 Å². The lowest BCUT2D eigenvalue weighted by atomic mass is 9.89. The lowest BCUT2D eigenvalue weighted by molar-refractivity contribution is -0.118. The molecule has 3 nitrogen and oxygen atoms in total. The van der Waals surface area contributed by atoms with E-state index >= 15 is 0 Å². The second kappa shape index (κ2) is 5.51. The Hall–Kier alpha value is -1.45. The first-order valence-electron chi connectivity index (χ1n) is 7.42. The van der Waals surface area contributed by atoms with Crippen LogP contribution >= 0.6 is 0 Å². The summed E-state index contributed by atoms with van der Waals surface area (Å²) in [7, 11) is 0. The van der Waals surface area contributed by atoms with E-state index in [9.17, 15) is 5.11 Å². The number of rotatable bonds is 4. The molecule has 0 saturated heterocycles. The summed E-state index contributed by atoms with van der Waals surface area (Å²) in [6.45, 7) is 2.63. The lowest BCUT2D eigenvalue weighted by Crippen LogP contribution is -2.36. The van der Waals surface area contributed by atoms with Crippen LogP contribution in [0.15, 0.2) is 36.5 Å². The Balaban J connectivity index is 1.96. The van der Waals surface area contributed by atoms with Crippen molar-refractivity contribution in [2.24, 2.45) is 0 Å². The molecular weight excluding hydrogens is 250 g/mol. The highest BCUT2D eigenvalue weighted by atomic mass is 16.5. The minimum atomic E-state index is -0.595. The molecule has 1 fully saturated rings. The second-order valence-electron chi connectivity index (χ2n) is 5.57. The number of hydrogen-bond donors (Lipinski definition) is 1. The molecule has 0 spiro atoms. The van der Waals surface area contributed by atoms with Gasteiger partial charge in [0.1, 0.15) is 6.10 Å². The third-order valence-corrected chi connectivity index (χ3v) is 4.31. The number of hydrogen-bond acceptors (Lipinski definition) is 3. The Labute approximate surface area is 119 Å². The van der Waals surface area contributed by atoms with Gasteiger partial charge in [-0.2, -0.15) is 0 Å². The summed E-state index contributed by atoms with van der Waals surface area (Å²) in [4.78, 5) is 4.45. The van der Waals surface area contributed by atoms with Gasteiger partial charge in [0.05, 0.1) is 11.1 Å². The molecule has 20 heavy (non-hydrogen) atoms. The molecule has 1 aromatic carbocycles. The van der Waals surface area contributed by atoms with E-state index in [2.05, 4.69) is 4.98 Å². The van der Waals surface area contributed by atoms with Crippen molar-refractivity contribution in [3.8, 4) is 0 Å². The number of nitrogens with zero attached hydrogens (tertiary/aromatic N) is 1. The van der Waals surface area contributed by atoms with Crippen LogP contribution in [-0.2, 0) is 4.74 Å². The van der Waals surface area contributed by atoms with Gasteiger partial charge in [0.2, 0.25) is 0 Å². The summed E-state index contributed by atoms with van der Waals surface area (Å²) in [5.41, 5.74) is 1.40. The van der Waals surface area contributed by atoms with Gasteiger partial charge in [0, 0.05) is 23.8 Å². The second-order valence-corrected chi connectivity index (χ2v) is 5.57. The highest BCUT2D eigenvalue weighted by Gasteiger charge is 2.42. The van der Waals surface area contributed by atoms with E-state index in [1.165, 1.54) is 0 Å². The molecule has 106 valence electrons. The van der Waals surface area contributed by atoms with Crippen molar-refractivity contribution >= 4 is 10.9 Å². The molecule has 2 aromatic rings. The quantitative estimate of drug-likeness (QED) is 0.923. The zero-order valence-corrected chi connectivity index (χ0v) is 11.9. The summed E-state index contributed by atoms with van der Waals surface area (Å²) in [5.74, 6) is 0. The van der Waals surface area contributed by atoms with Crippen LogP contribution in [0.2, 0.25) is 0 Å². The van der Waals surface area contributed by atoms with Crippen LogP contribution in [0.4, 0.5) is 0 Å². The Morgan fingerprint density at radius 2 is 2.05 bits per heavy atom. The highest BCUT2D eigenvalue weighted by molar-refractivity contribution is 5.78. The van der Waals surface area contributed by atoms with E-state index in [1.807, 2.05) is 37.3 Å². The largest absolute Gasteiger partial charge is 0.385 e. The first kappa shape index (κ1) is 13.5. The fourth-order valence-corrected chi connectivity index (χ4v) is 3.30. The third-order valence-electron chi connectivity index (χ3n) is 4.31. The predicted octanol–water partition coefficient (Wildman–Crippen LogP) is 3.62. The fraction of sp³-hybridized carbons (Fsp3) is 0.471. The normalized spacial score (nSPS) is 19.3. The summed E-state index contributed by atoms with van der Waals surface area (Å²) in [6.07, 6.45) is 5.29. The van der Waals surface area contributed by atoms with Gasteiger partial charge in [-0.25, -0.2) is 0 Å². The number of fused-ring (bicyclic) bond motifs is 1. The van der Waals surface area contributed by atoms with Gasteiger partial charge in [-0.15, -0.1) is 0 Å². The van der Waals surface area contributed by atoms with Crippen LogP contribution in [0.1, 0.15) is 44.3 Å². The van der Waals surface area contributed by atoms with Crippen LogP contribution in [0.3, 0.4) is 0 Å². The van der Waals surface area contributed by atoms with Gasteiger partial charge in [-0.3, -0.25) is 4.98 Å². The molecule has 1 unspecified atom stereocenters. The summed E-state index contributed by atoms with van der Waals surface area (Å²) < 4.78 is 5.94. The molecule has 1 aliphatic carbocycles. The van der Waals surface area contributed by atoms with Crippen molar-refractivity contribution in [2.75, 3.05) is 6.61 Å². The van der Waals surface area contributed by atoms with Crippen molar-refractivity contribution in [1.29, 1.82) is 0 Å². The minimum Gasteiger partial charge on any atom is -0.385 e. The maximum absolute atomic E-state index is 10.8. The zero-order valence-electron chi connectivity index (χ0n) is 11.9. The van der Waals surface area contributed by atoms with Gasteiger partial charge < -0.3 is 9.84 Å². The predicted molar refractivity (Wildman–Crippen MR) is 79.5 cm³/mol. The molecule has 1 N–H and O–H groups in total. The molecule has 1 heterocycles. The van der Waals surface area contributed by atoms with E-state index in [-0.39, 0.29) is 0 Å². The molecule has 3 heteroatoms. The molecule has 3 rings (SSSR count). The fourth-order valence-electron chi connectivity index (χ4n) is 3.30. The molecule has 0 bridgehead atoms. The van der Waals surface area contributed by atoms with Gasteiger partial charge in [-0.05, 0) is 31.9 Å². The average molecular weight is 271 g/mol. The number of benzene rings is 1. The number of aliphatic hydroxyl groups excluding tert-OH is 1. The smallest absolute Gasteiger partial charge is 0.109 e. The third kappa shape index (κ3) is 2.32. The Morgan fingerprint density at radius 3 is 2.80 bits per heavy atom. The van der Waals surface area contributed by atoms with Crippen molar-refractivity contribution in [3.63, 3.8) is 0 Å². The molecular formula is C17H21NO2. The van der Waals surface area contributed by atoms with Gasteiger partial charge in [-0.1, -0.05) is 31.0 Å². The van der Waals surface area contributed by atoms with E-state index in [0.29, 0.717) is 6.61 Å². The minimum absolute atomic E-state index is 0.418. The Morgan fingerprint density at radius 1 is 1.30 bits per heavy atom. The maximum atomic E-state index is 10.8. The number of aromatic nitrogens is 1. The van der Waals surface area contributed by atoms with Crippen LogP contribution < -0.4 is 0 Å². The molecule has 0 aliphatic heterocycles. The van der Waals surface area contributed by atoms with E-state index in [4.69, 9.17) is 4.74 Å². The molecule has 1 saturated carbocycles. The maximum Gasteiger partial charge on any atom is 0.109 e. The number of ether oxygens (including phenoxy) is 1. The van der Waals surface area contributed by atoms with Gasteiger partial charge >= 0.3 is 0 Å². The van der Waals surface area contributed by atoms with Crippen LogP contribution in [0.5, 0.6) is 0 Å². The first-order valence-corrected chi connectivity index (χ1v) is 7.42. The molecule has 1 aliphatic rings.